The van der Waals surface area contributed by atoms with Crippen LogP contribution in [0.25, 0.3) is 0 Å². The lowest BCUT2D eigenvalue weighted by Gasteiger charge is -2.08. The Morgan fingerprint density at radius 1 is 1.57 bits per heavy atom. The molecule has 1 aromatic rings. The molecular weight excluding hydrogens is 249 g/mol. The van der Waals surface area contributed by atoms with Crippen LogP contribution in [-0.2, 0) is 0 Å². The van der Waals surface area contributed by atoms with Crippen LogP contribution in [0.4, 0.5) is 4.39 Å². The molecule has 0 unspecified atom stereocenters. The Kier molecular flexibility index (Phi) is 4.10. The quantitative estimate of drug-likeness (QED) is 0.844. The fourth-order valence-corrected chi connectivity index (χ4v) is 1.19. The van der Waals surface area contributed by atoms with Gasteiger partial charge >= 0.3 is 0 Å². The van der Waals surface area contributed by atoms with Crippen LogP contribution < -0.4 is 10.5 Å². The molecule has 0 radical (unpaired) electrons. The summed E-state index contributed by atoms with van der Waals surface area (Å²) in [4.78, 5) is 0. The predicted octanol–water partition coefficient (Wildman–Crippen LogP) is 2.48. The highest BCUT2D eigenvalue weighted by atomic mass is 79.9. The lowest BCUT2D eigenvalue weighted by atomic mass is 10.3. The van der Waals surface area contributed by atoms with E-state index in [1.165, 1.54) is 12.1 Å². The van der Waals surface area contributed by atoms with Gasteiger partial charge in [0.2, 0.25) is 0 Å². The molecule has 1 aromatic carbocycles. The monoisotopic (exact) mass is 259 g/mol. The van der Waals surface area contributed by atoms with Gasteiger partial charge in [0.25, 0.3) is 0 Å². The van der Waals surface area contributed by atoms with E-state index in [4.69, 9.17) is 10.5 Å². The van der Waals surface area contributed by atoms with Crippen molar-refractivity contribution in [2.24, 2.45) is 5.73 Å². The molecule has 4 heteroatoms. The molecular formula is C10H11BrFNO. The Labute approximate surface area is 90.7 Å². The molecule has 76 valence electrons. The number of nitrogens with two attached hydrogens (primary N) is 1. The van der Waals surface area contributed by atoms with Gasteiger partial charge in [0.15, 0.2) is 0 Å². The van der Waals surface area contributed by atoms with Crippen LogP contribution in [0.1, 0.15) is 0 Å². The zero-order valence-corrected chi connectivity index (χ0v) is 9.18. The molecule has 2 nitrogen and oxygen atoms in total. The second-order valence-electron chi connectivity index (χ2n) is 2.82. The van der Waals surface area contributed by atoms with Crippen LogP contribution in [-0.4, -0.2) is 13.2 Å². The maximum Gasteiger partial charge on any atom is 0.136 e. The molecule has 0 saturated heterocycles. The van der Waals surface area contributed by atoms with Crippen LogP contribution >= 0.6 is 15.9 Å². The van der Waals surface area contributed by atoms with E-state index in [-0.39, 0.29) is 5.82 Å². The summed E-state index contributed by atoms with van der Waals surface area (Å²) in [7, 11) is 0. The Morgan fingerprint density at radius 2 is 2.29 bits per heavy atom. The summed E-state index contributed by atoms with van der Waals surface area (Å²) in [5, 5.41) is 0. The maximum absolute atomic E-state index is 12.8. The van der Waals surface area contributed by atoms with Gasteiger partial charge in [0, 0.05) is 12.6 Å². The zero-order valence-electron chi connectivity index (χ0n) is 7.59. The highest BCUT2D eigenvalue weighted by Crippen LogP contribution is 2.25. The van der Waals surface area contributed by atoms with E-state index in [0.717, 1.165) is 5.57 Å². The minimum absolute atomic E-state index is 0.304. The first-order valence-corrected chi connectivity index (χ1v) is 4.87. The van der Waals surface area contributed by atoms with Crippen molar-refractivity contribution in [2.75, 3.05) is 13.2 Å². The topological polar surface area (TPSA) is 35.2 Å². The molecule has 0 aromatic heterocycles. The van der Waals surface area contributed by atoms with Crippen molar-refractivity contribution in [3.63, 3.8) is 0 Å². The van der Waals surface area contributed by atoms with Crippen LogP contribution in [0.15, 0.2) is 34.8 Å². The molecule has 2 N–H and O–H groups in total. The smallest absolute Gasteiger partial charge is 0.136 e. The minimum atomic E-state index is -0.332. The van der Waals surface area contributed by atoms with Gasteiger partial charge in [-0.1, -0.05) is 6.58 Å². The molecule has 0 amide bonds. The van der Waals surface area contributed by atoms with Crippen LogP contribution in [0.3, 0.4) is 0 Å². The highest BCUT2D eigenvalue weighted by Gasteiger charge is 2.02. The van der Waals surface area contributed by atoms with Gasteiger partial charge in [0.1, 0.15) is 18.2 Å². The molecule has 14 heavy (non-hydrogen) atoms. The van der Waals surface area contributed by atoms with E-state index in [9.17, 15) is 4.39 Å². The SMILES string of the molecule is C=C(CN)COc1cc(F)ccc1Br. The van der Waals surface area contributed by atoms with Gasteiger partial charge in [-0.25, -0.2) is 4.39 Å². The summed E-state index contributed by atoms with van der Waals surface area (Å²) in [6, 6.07) is 4.26. The number of ether oxygens (including phenoxy) is 1. The van der Waals surface area contributed by atoms with Crippen molar-refractivity contribution < 1.29 is 9.13 Å². The van der Waals surface area contributed by atoms with E-state index < -0.39 is 0 Å². The fourth-order valence-electron chi connectivity index (χ4n) is 0.827. The summed E-state index contributed by atoms with van der Waals surface area (Å²) < 4.78 is 18.8. The molecule has 0 atom stereocenters. The van der Waals surface area contributed by atoms with Gasteiger partial charge in [-0.3, -0.25) is 0 Å². The van der Waals surface area contributed by atoms with Gasteiger partial charge in [-0.05, 0) is 33.6 Å². The van der Waals surface area contributed by atoms with Gasteiger partial charge < -0.3 is 10.5 Å². The Morgan fingerprint density at radius 3 is 2.93 bits per heavy atom. The maximum atomic E-state index is 12.8. The Balaban J connectivity index is 2.66. The summed E-state index contributed by atoms with van der Waals surface area (Å²) in [5.74, 6) is 0.126. The van der Waals surface area contributed by atoms with E-state index in [2.05, 4.69) is 22.5 Å². The first-order chi connectivity index (χ1) is 6.63. The second kappa shape index (κ2) is 5.12. The number of benzene rings is 1. The zero-order chi connectivity index (χ0) is 10.6. The summed E-state index contributed by atoms with van der Waals surface area (Å²) in [5.41, 5.74) is 6.10. The summed E-state index contributed by atoms with van der Waals surface area (Å²) >= 11 is 3.25. The summed E-state index contributed by atoms with van der Waals surface area (Å²) in [6.07, 6.45) is 0. The van der Waals surface area contributed by atoms with E-state index in [0.29, 0.717) is 23.4 Å². The number of hydrogen-bond acceptors (Lipinski definition) is 2. The van der Waals surface area contributed by atoms with Gasteiger partial charge in [-0.2, -0.15) is 0 Å². The molecule has 0 bridgehead atoms. The number of hydrogen-bond donors (Lipinski definition) is 1. The largest absolute Gasteiger partial charge is 0.488 e. The van der Waals surface area contributed by atoms with Crippen molar-refractivity contribution in [1.82, 2.24) is 0 Å². The lowest BCUT2D eigenvalue weighted by Crippen LogP contribution is -2.10. The average molecular weight is 260 g/mol. The third-order valence-corrected chi connectivity index (χ3v) is 2.27. The molecule has 0 spiro atoms. The third-order valence-electron chi connectivity index (χ3n) is 1.61. The molecule has 0 aliphatic carbocycles. The van der Waals surface area contributed by atoms with Crippen LogP contribution in [0, 0.1) is 5.82 Å². The van der Waals surface area contributed by atoms with Crippen molar-refractivity contribution in [1.29, 1.82) is 0 Å². The molecule has 0 aliphatic rings. The van der Waals surface area contributed by atoms with Gasteiger partial charge in [0.05, 0.1) is 4.47 Å². The van der Waals surface area contributed by atoms with Crippen molar-refractivity contribution in [2.45, 2.75) is 0 Å². The van der Waals surface area contributed by atoms with Crippen molar-refractivity contribution >= 4 is 15.9 Å². The van der Waals surface area contributed by atoms with E-state index in [1.807, 2.05) is 0 Å². The molecule has 0 fully saturated rings. The standard InChI is InChI=1S/C10H11BrFNO/c1-7(5-13)6-14-10-4-8(12)2-3-9(10)11/h2-4H,1,5-6,13H2. The Hall–Kier alpha value is -0.870. The molecule has 0 saturated carbocycles. The van der Waals surface area contributed by atoms with Crippen LogP contribution in [0.2, 0.25) is 0 Å². The first kappa shape index (κ1) is 11.2. The van der Waals surface area contributed by atoms with Crippen molar-refractivity contribution in [3.05, 3.63) is 40.6 Å². The van der Waals surface area contributed by atoms with E-state index in [1.54, 1.807) is 6.07 Å². The second-order valence-corrected chi connectivity index (χ2v) is 3.67. The fraction of sp³-hybridized carbons (Fsp3) is 0.200. The highest BCUT2D eigenvalue weighted by molar-refractivity contribution is 9.10. The molecule has 0 heterocycles. The molecule has 0 aliphatic heterocycles. The minimum Gasteiger partial charge on any atom is -0.488 e. The predicted molar refractivity (Wildman–Crippen MR) is 57.8 cm³/mol. The normalized spacial score (nSPS) is 9.93. The van der Waals surface area contributed by atoms with Gasteiger partial charge in [-0.15, -0.1) is 0 Å². The lowest BCUT2D eigenvalue weighted by molar-refractivity contribution is 0.346. The number of halogens is 2. The molecule has 1 rings (SSSR count). The average Bonchev–Trinajstić information content (AvgIpc) is 2.19. The summed E-state index contributed by atoms with van der Waals surface area (Å²) in [6.45, 7) is 4.35. The number of rotatable bonds is 4. The first-order valence-electron chi connectivity index (χ1n) is 4.08. The van der Waals surface area contributed by atoms with E-state index >= 15 is 0 Å². The van der Waals surface area contributed by atoms with Crippen molar-refractivity contribution in [3.8, 4) is 5.75 Å². The third kappa shape index (κ3) is 3.12. The van der Waals surface area contributed by atoms with Crippen LogP contribution in [0.5, 0.6) is 5.75 Å². The Bertz CT molecular complexity index is 341.